The third kappa shape index (κ3) is 37.3. The van der Waals surface area contributed by atoms with E-state index in [-0.39, 0.29) is 152 Å². The van der Waals surface area contributed by atoms with Crippen LogP contribution in [0.2, 0.25) is 0 Å². The van der Waals surface area contributed by atoms with Gasteiger partial charge in [-0.1, -0.05) is 90.4 Å². The van der Waals surface area contributed by atoms with Crippen molar-refractivity contribution < 1.29 is 72.5 Å². The minimum atomic E-state index is -1.54. The van der Waals surface area contributed by atoms with Crippen LogP contribution in [0.3, 0.4) is 0 Å². The fourth-order valence-electron chi connectivity index (χ4n) is 12.2. The Balaban J connectivity index is 1.96. The number of hydrogen-bond acceptors (Lipinski definition) is 20. The number of phenols is 1. The van der Waals surface area contributed by atoms with Crippen molar-refractivity contribution in [3.8, 4) is 5.75 Å². The number of nitrogens with zero attached hydrogens (tertiary/aromatic N) is 4. The van der Waals surface area contributed by atoms with Gasteiger partial charge in [0.05, 0.1) is 19.1 Å². The van der Waals surface area contributed by atoms with E-state index >= 15 is 4.79 Å². The molecule has 12 atom stereocenters. The molecule has 0 aliphatic carbocycles. The Morgan fingerprint density at radius 1 is 0.469 bits per heavy atom. The number of carboxylic acids is 1. The van der Waals surface area contributed by atoms with Gasteiger partial charge in [-0.05, 0) is 157 Å². The number of aliphatic carboxylic acids is 1. The lowest BCUT2D eigenvalue weighted by molar-refractivity contribution is -0.143. The number of amides is 12. The highest BCUT2D eigenvalue weighted by molar-refractivity contribution is 6.00. The summed E-state index contributed by atoms with van der Waals surface area (Å²) in [5, 5.41) is 48.6. The Hall–Kier alpha value is -11.0. The lowest BCUT2D eigenvalue weighted by Gasteiger charge is -2.32. The molecule has 0 bridgehead atoms. The lowest BCUT2D eigenvalue weighted by Crippen LogP contribution is -2.61. The van der Waals surface area contributed by atoms with Crippen LogP contribution in [0.15, 0.2) is 69.6 Å². The van der Waals surface area contributed by atoms with Gasteiger partial charge in [-0.25, -0.2) is 4.79 Å². The molecule has 0 spiro atoms. The Labute approximate surface area is 659 Å². The maximum absolute atomic E-state index is 15.0. The normalized spacial score (nSPS) is 15.4. The van der Waals surface area contributed by atoms with E-state index in [1.54, 1.807) is 70.2 Å². The number of rotatable bonds is 53. The molecule has 1 saturated heterocycles. The van der Waals surface area contributed by atoms with Crippen molar-refractivity contribution in [2.24, 2.45) is 84.3 Å². The summed E-state index contributed by atoms with van der Waals surface area (Å²) in [6.45, 7) is 9.72. The van der Waals surface area contributed by atoms with Gasteiger partial charge in [-0.2, -0.15) is 0 Å². The number of hydrogen-bond donors (Lipinski definition) is 22. The molecule has 0 saturated carbocycles. The molecule has 2 aromatic rings. The van der Waals surface area contributed by atoms with Crippen LogP contribution in [-0.2, 0) is 75.2 Å². The zero-order valence-corrected chi connectivity index (χ0v) is 65.9. The molecule has 3 rings (SSSR count). The van der Waals surface area contributed by atoms with E-state index < -0.39 is 162 Å². The molecule has 2 aromatic carbocycles. The summed E-state index contributed by atoms with van der Waals surface area (Å²) in [4.78, 5) is 196. The maximum atomic E-state index is 15.0. The number of phenolic OH excluding ortho intramolecular Hbond substituents is 1. The van der Waals surface area contributed by atoms with Crippen LogP contribution in [0.1, 0.15) is 155 Å². The molecule has 113 heavy (non-hydrogen) atoms. The second kappa shape index (κ2) is 51.6. The summed E-state index contributed by atoms with van der Waals surface area (Å²) in [7, 11) is 0. The van der Waals surface area contributed by atoms with Gasteiger partial charge in [0.2, 0.25) is 70.9 Å². The first-order valence-corrected chi connectivity index (χ1v) is 38.5. The number of benzene rings is 2. The second-order valence-electron chi connectivity index (χ2n) is 28.9. The predicted octanol–water partition coefficient (Wildman–Crippen LogP) is -4.66. The van der Waals surface area contributed by atoms with Crippen LogP contribution >= 0.6 is 0 Å². The lowest BCUT2D eigenvalue weighted by atomic mass is 9.96. The van der Waals surface area contributed by atoms with Crippen molar-refractivity contribution in [3.63, 3.8) is 0 Å². The second-order valence-corrected chi connectivity index (χ2v) is 28.9. The smallest absolute Gasteiger partial charge is 0.326 e. The number of nitrogens with one attached hydrogen (secondary N) is 11. The number of aliphatic imine (C=N–C) groups is 3. The first-order valence-electron chi connectivity index (χ1n) is 38.5. The Kier molecular flexibility index (Phi) is 43.9. The van der Waals surface area contributed by atoms with E-state index in [2.05, 4.69) is 73.5 Å². The van der Waals surface area contributed by atoms with Crippen molar-refractivity contribution in [1.82, 2.24) is 63.4 Å². The van der Waals surface area contributed by atoms with Crippen molar-refractivity contribution in [2.75, 3.05) is 52.4 Å². The molecule has 1 heterocycles. The van der Waals surface area contributed by atoms with Crippen LogP contribution in [0.4, 0.5) is 0 Å². The van der Waals surface area contributed by atoms with Gasteiger partial charge in [0, 0.05) is 32.6 Å². The van der Waals surface area contributed by atoms with Crippen LogP contribution in [0, 0.1) is 17.8 Å². The third-order valence-corrected chi connectivity index (χ3v) is 18.5. The summed E-state index contributed by atoms with van der Waals surface area (Å²) >= 11 is 0. The van der Waals surface area contributed by atoms with Crippen molar-refractivity contribution in [2.45, 2.75) is 224 Å². The van der Waals surface area contributed by atoms with Gasteiger partial charge in [-0.15, -0.1) is 0 Å². The number of unbranched alkanes of at least 4 members (excludes halogenated alkanes) is 2. The molecular formula is C74H124N24O15. The number of guanidine groups is 3. The third-order valence-electron chi connectivity index (χ3n) is 18.5. The summed E-state index contributed by atoms with van der Waals surface area (Å²) in [6, 6.07) is 0.0828. The number of carbonyl (C=O) groups excluding carboxylic acids is 12. The average molecular weight is 1590 g/mol. The minimum absolute atomic E-state index is 0.00761. The summed E-state index contributed by atoms with van der Waals surface area (Å²) in [5.41, 5.74) is 52.7. The van der Waals surface area contributed by atoms with Gasteiger partial charge in [0.1, 0.15) is 66.2 Å². The fourth-order valence-corrected chi connectivity index (χ4v) is 12.2. The van der Waals surface area contributed by atoms with E-state index in [4.69, 9.17) is 51.6 Å². The largest absolute Gasteiger partial charge is 0.508 e. The molecular weight excluding hydrogens is 1460 g/mol. The molecule has 39 heteroatoms. The van der Waals surface area contributed by atoms with E-state index in [1.807, 2.05) is 13.8 Å². The highest BCUT2D eigenvalue weighted by Crippen LogP contribution is 2.22. The van der Waals surface area contributed by atoms with Crippen LogP contribution in [0.25, 0.3) is 0 Å². The zero-order valence-electron chi connectivity index (χ0n) is 65.9. The molecule has 0 radical (unpaired) electrons. The summed E-state index contributed by atoms with van der Waals surface area (Å²) < 4.78 is 0. The van der Waals surface area contributed by atoms with Gasteiger partial charge in [-0.3, -0.25) is 72.5 Å². The van der Waals surface area contributed by atoms with E-state index in [1.165, 1.54) is 17.0 Å². The van der Waals surface area contributed by atoms with Crippen LogP contribution in [0.5, 0.6) is 5.75 Å². The SMILES string of the molecule is CC[C@H](C)[C@H](NC(=O)[C@H](CCCN=C(N)N)NC(=O)[C@H](CCN=C(N)N)NC(=O)[C@H](CC(C)C)NC(=O)[C@H](Cc1ccccc1)NC(=O)CNC(=O)CNC(=O)[C@@H](N)Cc1ccc(O)cc1)C(=O)N[C@@H](CCCN=C(N)N)C(=O)N1CCC[C@H]1C(=O)N[C@@H](CCCCN)C(=O)N[C@@H](CC(C)C)C(=O)N[C@@H](CCCCN)C(=O)O. The highest BCUT2D eigenvalue weighted by atomic mass is 16.4. The fraction of sp³-hybridized carbons (Fsp3) is 0.622. The number of carboxylic acid groups (broad SMARTS) is 1. The molecule has 1 aliphatic rings. The van der Waals surface area contributed by atoms with Gasteiger partial charge in [0.25, 0.3) is 0 Å². The first kappa shape index (κ1) is 96.2. The summed E-state index contributed by atoms with van der Waals surface area (Å²) in [6.07, 6.45) is 2.38. The maximum Gasteiger partial charge on any atom is 0.326 e. The number of likely N-dealkylation sites (tertiary alicyclic amines) is 1. The Morgan fingerprint density at radius 3 is 1.43 bits per heavy atom. The van der Waals surface area contributed by atoms with Crippen molar-refractivity contribution >= 4 is 94.7 Å². The van der Waals surface area contributed by atoms with Crippen molar-refractivity contribution in [1.29, 1.82) is 0 Å². The molecule has 1 aliphatic heterocycles. The monoisotopic (exact) mass is 1590 g/mol. The van der Waals surface area contributed by atoms with Crippen molar-refractivity contribution in [3.05, 3.63) is 65.7 Å². The first-order chi connectivity index (χ1) is 53.6. The number of aromatic hydroxyl groups is 1. The Bertz CT molecular complexity index is 3500. The van der Waals surface area contributed by atoms with E-state index in [9.17, 15) is 67.7 Å². The highest BCUT2D eigenvalue weighted by Gasteiger charge is 2.42. The van der Waals surface area contributed by atoms with Gasteiger partial charge < -0.3 is 125 Å². The molecule has 31 N–H and O–H groups in total. The standard InChI is InChI=1S/C74H124N24O15/c1-7-44(6)60(69(110)93-52(23-16-33-85-73(80)81)70(111)98-35-17-24-57(98)68(109)92-49(20-11-13-30-75)62(103)95-55(37-43(4)5)66(107)94-53(71(112)113)21-12-14-31-76)97-64(105)50(22-15-32-84-72(78)79)90-63(104)51(29-34-86-74(82)83)91-65(106)54(36-42(2)3)96-67(108)56(39-45-18-9-8-10-19-45)89-59(101)41-87-58(100)40-88-61(102)48(77)38-46-25-27-47(99)28-26-46/h8-10,18-19,25-28,42-44,48-57,60,99H,7,11-17,20-24,29-41,75-77H2,1-6H3,(H,87,100)(H,88,102)(H,89,101)(H,90,104)(H,91,106)(H,92,109)(H,93,110)(H,94,107)(H,95,103)(H,96,108)(H,97,105)(H,112,113)(H4,78,79,84)(H4,80,81,85)(H4,82,83,86)/t44-,48-,49-,50-,51-,52-,53-,54-,55-,56-,57-,60-/m0/s1. The molecule has 630 valence electrons. The molecule has 0 unspecified atom stereocenters. The molecule has 1 fully saturated rings. The quantitative estimate of drug-likeness (QED) is 0.0168. The summed E-state index contributed by atoms with van der Waals surface area (Å²) in [5.74, 6) is -12.8. The van der Waals surface area contributed by atoms with Gasteiger partial charge >= 0.3 is 5.97 Å². The van der Waals surface area contributed by atoms with Gasteiger partial charge in [0.15, 0.2) is 17.9 Å². The zero-order chi connectivity index (χ0) is 84.3. The average Bonchev–Trinajstić information content (AvgIpc) is 1.74. The predicted molar refractivity (Wildman–Crippen MR) is 425 cm³/mol. The van der Waals surface area contributed by atoms with Crippen LogP contribution in [-0.4, -0.2) is 229 Å². The Morgan fingerprint density at radius 2 is 0.912 bits per heavy atom. The number of nitrogens with two attached hydrogens (primary N) is 9. The molecule has 39 nitrogen and oxygen atoms in total. The van der Waals surface area contributed by atoms with E-state index in [0.717, 1.165) is 0 Å². The number of carbonyl (C=O) groups is 13. The molecule has 0 aromatic heterocycles. The topological polar surface area (TPSA) is 669 Å². The molecule has 12 amide bonds. The van der Waals surface area contributed by atoms with Crippen LogP contribution < -0.4 is 110 Å². The minimum Gasteiger partial charge on any atom is -0.508 e. The van der Waals surface area contributed by atoms with E-state index in [0.29, 0.717) is 49.8 Å².